The summed E-state index contributed by atoms with van der Waals surface area (Å²) in [6.45, 7) is 2.03. The molecule has 2 rings (SSSR count). The Morgan fingerprint density at radius 2 is 2.14 bits per heavy atom. The Morgan fingerprint density at radius 3 is 2.71 bits per heavy atom. The van der Waals surface area contributed by atoms with Crippen molar-refractivity contribution in [3.05, 3.63) is 35.9 Å². The van der Waals surface area contributed by atoms with Gasteiger partial charge in [0.15, 0.2) is 6.04 Å². The van der Waals surface area contributed by atoms with E-state index in [2.05, 4.69) is 5.43 Å². The van der Waals surface area contributed by atoms with E-state index in [9.17, 15) is 4.79 Å². The Kier molecular flexibility index (Phi) is 2.31. The smallest absolute Gasteiger partial charge is 0.269 e. The van der Waals surface area contributed by atoms with Crippen molar-refractivity contribution in [2.45, 2.75) is 19.4 Å². The molecule has 1 amide bonds. The average Bonchev–Trinajstić information content (AvgIpc) is 2.47. The molecule has 1 aromatic carbocycles. The molecule has 0 radical (unpaired) electrons. The fourth-order valence-corrected chi connectivity index (χ4v) is 1.53. The minimum absolute atomic E-state index is 0.0877. The monoisotopic (exact) mass is 189 g/mol. The van der Waals surface area contributed by atoms with Gasteiger partial charge >= 0.3 is 0 Å². The van der Waals surface area contributed by atoms with E-state index >= 15 is 0 Å². The van der Waals surface area contributed by atoms with Crippen LogP contribution in [0.5, 0.6) is 0 Å². The molecular weight excluding hydrogens is 176 g/mol. The number of benzene rings is 1. The topological polar surface area (TPSA) is 32.1 Å². The molecule has 1 N–H and O–H groups in total. The van der Waals surface area contributed by atoms with Crippen LogP contribution in [0.4, 0.5) is 0 Å². The lowest BCUT2D eigenvalue weighted by Crippen LogP contribution is -2.28. The summed E-state index contributed by atoms with van der Waals surface area (Å²) in [6.07, 6.45) is 2.53. The lowest BCUT2D eigenvalue weighted by atomic mass is 10.2. The number of hydrogen-bond acceptors (Lipinski definition) is 1. The van der Waals surface area contributed by atoms with Crippen molar-refractivity contribution in [2.24, 2.45) is 0 Å². The molecule has 1 fully saturated rings. The van der Waals surface area contributed by atoms with Crippen molar-refractivity contribution < 1.29 is 9.48 Å². The number of nitrogens with zero attached hydrogens (tertiary/aromatic N) is 1. The maximum atomic E-state index is 11.1. The summed E-state index contributed by atoms with van der Waals surface area (Å²) in [5.74, 6) is 0.0877. The molecule has 0 spiro atoms. The van der Waals surface area contributed by atoms with Gasteiger partial charge in [-0.1, -0.05) is 18.2 Å². The predicted octanol–water partition coefficient (Wildman–Crippen LogP) is 0.941. The normalized spacial score (nSPS) is 23.9. The molecule has 1 saturated heterocycles. The van der Waals surface area contributed by atoms with Crippen LogP contribution in [0, 0.1) is 0 Å². The van der Waals surface area contributed by atoms with Gasteiger partial charge in [0.2, 0.25) is 6.21 Å². The molecule has 72 valence electrons. The van der Waals surface area contributed by atoms with Gasteiger partial charge in [0.25, 0.3) is 5.91 Å². The number of carbonyl (C=O) groups is 1. The Hall–Kier alpha value is -1.64. The SMILES string of the molecule is CC1CC(=O)N/[N+]1=C/c1ccccc1. The van der Waals surface area contributed by atoms with Gasteiger partial charge in [-0.05, 0) is 12.1 Å². The number of nitrogens with one attached hydrogen (secondary N) is 1. The standard InChI is InChI=1S/C11H12N2O/c1-9-7-11(14)12-13(9)8-10-5-3-2-4-6-10/h2-6,8-9H,7H2,1H3/p+1/b13-8+. The van der Waals surface area contributed by atoms with Crippen molar-refractivity contribution in [3.8, 4) is 0 Å². The number of carbonyl (C=O) groups excluding carboxylic acids is 1. The van der Waals surface area contributed by atoms with Crippen LogP contribution in [0.3, 0.4) is 0 Å². The van der Waals surface area contributed by atoms with Crippen LogP contribution < -0.4 is 5.43 Å². The number of amides is 1. The van der Waals surface area contributed by atoms with Gasteiger partial charge < -0.3 is 0 Å². The maximum Gasteiger partial charge on any atom is 0.281 e. The van der Waals surface area contributed by atoms with E-state index in [4.69, 9.17) is 0 Å². The summed E-state index contributed by atoms with van der Waals surface area (Å²) in [7, 11) is 0. The zero-order valence-electron chi connectivity index (χ0n) is 8.10. The quantitative estimate of drug-likeness (QED) is 0.655. The highest BCUT2D eigenvalue weighted by Crippen LogP contribution is 2.04. The summed E-state index contributed by atoms with van der Waals surface area (Å²) in [5, 5.41) is 0. The third kappa shape index (κ3) is 1.82. The Bertz CT molecular complexity index is 370. The van der Waals surface area contributed by atoms with E-state index in [0.29, 0.717) is 6.42 Å². The highest BCUT2D eigenvalue weighted by molar-refractivity contribution is 5.80. The minimum atomic E-state index is 0.0877. The lowest BCUT2D eigenvalue weighted by molar-refractivity contribution is -0.585. The minimum Gasteiger partial charge on any atom is -0.269 e. The molecule has 0 bridgehead atoms. The second-order valence-electron chi connectivity index (χ2n) is 3.54. The molecule has 1 aromatic rings. The number of hydrogen-bond donors (Lipinski definition) is 1. The predicted molar refractivity (Wildman–Crippen MR) is 54.1 cm³/mol. The van der Waals surface area contributed by atoms with Crippen LogP contribution >= 0.6 is 0 Å². The van der Waals surface area contributed by atoms with E-state index < -0.39 is 0 Å². The molecular formula is C11H13N2O+. The molecule has 3 heteroatoms. The summed E-state index contributed by atoms with van der Waals surface area (Å²) in [6, 6.07) is 10.2. The largest absolute Gasteiger partial charge is 0.281 e. The Balaban J connectivity index is 2.23. The molecule has 1 unspecified atom stereocenters. The summed E-state index contributed by atoms with van der Waals surface area (Å²) in [4.78, 5) is 11.1. The van der Waals surface area contributed by atoms with Gasteiger partial charge in [-0.3, -0.25) is 4.79 Å². The number of hydrazone groups is 1. The van der Waals surface area contributed by atoms with Gasteiger partial charge in [-0.2, -0.15) is 0 Å². The Morgan fingerprint density at radius 1 is 1.43 bits per heavy atom. The average molecular weight is 189 g/mol. The van der Waals surface area contributed by atoms with Crippen LogP contribution in [0.25, 0.3) is 0 Å². The zero-order valence-corrected chi connectivity index (χ0v) is 8.10. The van der Waals surface area contributed by atoms with Crippen molar-refractivity contribution in [3.63, 3.8) is 0 Å². The molecule has 0 aliphatic carbocycles. The van der Waals surface area contributed by atoms with Crippen molar-refractivity contribution >= 4 is 12.1 Å². The molecule has 1 aliphatic rings. The van der Waals surface area contributed by atoms with Gasteiger partial charge in [0.05, 0.1) is 6.42 Å². The fraction of sp³-hybridized carbons (Fsp3) is 0.273. The number of rotatable bonds is 1. The number of hydrazine groups is 1. The summed E-state index contributed by atoms with van der Waals surface area (Å²) >= 11 is 0. The molecule has 0 saturated carbocycles. The van der Waals surface area contributed by atoms with Gasteiger partial charge in [-0.25, -0.2) is 0 Å². The van der Waals surface area contributed by atoms with Crippen LogP contribution in [0.1, 0.15) is 18.9 Å². The third-order valence-corrected chi connectivity index (χ3v) is 2.30. The van der Waals surface area contributed by atoms with E-state index in [-0.39, 0.29) is 11.9 Å². The van der Waals surface area contributed by atoms with Gasteiger partial charge in [0.1, 0.15) is 0 Å². The van der Waals surface area contributed by atoms with Crippen LogP contribution in [-0.4, -0.2) is 22.8 Å². The van der Waals surface area contributed by atoms with Crippen LogP contribution in [0.2, 0.25) is 0 Å². The van der Waals surface area contributed by atoms with Crippen molar-refractivity contribution in [2.75, 3.05) is 0 Å². The summed E-state index contributed by atoms with van der Waals surface area (Å²) in [5.41, 5.74) is 3.89. The highest BCUT2D eigenvalue weighted by Gasteiger charge is 2.29. The molecule has 1 atom stereocenters. The zero-order chi connectivity index (χ0) is 9.97. The lowest BCUT2D eigenvalue weighted by Gasteiger charge is -1.96. The van der Waals surface area contributed by atoms with E-state index in [1.807, 2.05) is 48.2 Å². The maximum absolute atomic E-state index is 11.1. The first-order chi connectivity index (χ1) is 6.75. The first-order valence-corrected chi connectivity index (χ1v) is 4.73. The summed E-state index contributed by atoms with van der Waals surface area (Å²) < 4.78 is 1.86. The Labute approximate surface area is 83.0 Å². The fourth-order valence-electron chi connectivity index (χ4n) is 1.53. The van der Waals surface area contributed by atoms with Crippen molar-refractivity contribution in [1.82, 2.24) is 5.43 Å². The molecule has 0 aromatic heterocycles. The van der Waals surface area contributed by atoms with Crippen LogP contribution in [0.15, 0.2) is 30.3 Å². The second-order valence-corrected chi connectivity index (χ2v) is 3.54. The first kappa shape index (κ1) is 8.94. The molecule has 1 aliphatic heterocycles. The van der Waals surface area contributed by atoms with Crippen LogP contribution in [-0.2, 0) is 4.79 Å². The van der Waals surface area contributed by atoms with E-state index in [1.54, 1.807) is 0 Å². The highest BCUT2D eigenvalue weighted by atomic mass is 16.2. The van der Waals surface area contributed by atoms with Crippen molar-refractivity contribution in [1.29, 1.82) is 0 Å². The second kappa shape index (κ2) is 3.62. The van der Waals surface area contributed by atoms with Gasteiger partial charge in [-0.15, -0.1) is 10.1 Å². The molecule has 14 heavy (non-hydrogen) atoms. The first-order valence-electron chi connectivity index (χ1n) is 4.73. The third-order valence-electron chi connectivity index (χ3n) is 2.30. The van der Waals surface area contributed by atoms with E-state index in [1.165, 1.54) is 0 Å². The van der Waals surface area contributed by atoms with E-state index in [0.717, 1.165) is 5.56 Å². The molecule has 1 heterocycles. The molecule has 3 nitrogen and oxygen atoms in total. The van der Waals surface area contributed by atoms with Gasteiger partial charge in [0, 0.05) is 12.5 Å².